The zero-order valence-electron chi connectivity index (χ0n) is 10.2. The van der Waals surface area contributed by atoms with Gasteiger partial charge in [-0.3, -0.25) is 9.78 Å². The summed E-state index contributed by atoms with van der Waals surface area (Å²) < 4.78 is 0.704. The molecule has 1 aromatic heterocycles. The van der Waals surface area contributed by atoms with Crippen LogP contribution in [0, 0.1) is 0 Å². The Morgan fingerprint density at radius 2 is 2.21 bits per heavy atom. The Bertz CT molecular complexity index is 589. The second kappa shape index (κ2) is 6.17. The van der Waals surface area contributed by atoms with Gasteiger partial charge in [0.25, 0.3) is 5.91 Å². The molecule has 0 bridgehead atoms. The Kier molecular flexibility index (Phi) is 4.56. The van der Waals surface area contributed by atoms with E-state index in [1.165, 1.54) is 0 Å². The zero-order chi connectivity index (χ0) is 13.8. The Labute approximate surface area is 125 Å². The number of rotatable bonds is 3. The van der Waals surface area contributed by atoms with Crippen LogP contribution in [0.2, 0.25) is 5.02 Å². The van der Waals surface area contributed by atoms with Crippen LogP contribution in [-0.2, 0) is 0 Å². The SMILES string of the molecule is CC(NC(=O)c1ccc(Cl)c(Br)c1)c1cccnc1. The third-order valence-corrected chi connectivity index (χ3v) is 3.93. The maximum Gasteiger partial charge on any atom is 0.251 e. The third-order valence-electron chi connectivity index (χ3n) is 2.71. The number of aromatic nitrogens is 1. The zero-order valence-corrected chi connectivity index (χ0v) is 12.6. The number of nitrogens with zero attached hydrogens (tertiary/aromatic N) is 1. The van der Waals surface area contributed by atoms with E-state index in [4.69, 9.17) is 11.6 Å². The number of carbonyl (C=O) groups excluding carboxylic acids is 1. The molecule has 0 aliphatic rings. The highest BCUT2D eigenvalue weighted by molar-refractivity contribution is 9.10. The first kappa shape index (κ1) is 14.0. The fourth-order valence-corrected chi connectivity index (χ4v) is 2.13. The van der Waals surface area contributed by atoms with Crippen LogP contribution in [0.4, 0.5) is 0 Å². The van der Waals surface area contributed by atoms with Crippen LogP contribution in [0.25, 0.3) is 0 Å². The highest BCUT2D eigenvalue weighted by Gasteiger charge is 2.12. The normalized spacial score (nSPS) is 11.9. The van der Waals surface area contributed by atoms with E-state index in [9.17, 15) is 4.79 Å². The molecule has 3 nitrogen and oxygen atoms in total. The second-order valence-corrected chi connectivity index (χ2v) is 5.37. The number of benzene rings is 1. The number of hydrogen-bond acceptors (Lipinski definition) is 2. The van der Waals surface area contributed by atoms with Gasteiger partial charge in [-0.05, 0) is 52.7 Å². The summed E-state index contributed by atoms with van der Waals surface area (Å²) in [5.41, 5.74) is 1.52. The molecule has 1 amide bonds. The van der Waals surface area contributed by atoms with Gasteiger partial charge in [-0.15, -0.1) is 0 Å². The maximum absolute atomic E-state index is 12.1. The maximum atomic E-state index is 12.1. The van der Waals surface area contributed by atoms with Crippen molar-refractivity contribution < 1.29 is 4.79 Å². The summed E-state index contributed by atoms with van der Waals surface area (Å²) in [6, 6.07) is 8.75. The van der Waals surface area contributed by atoms with Crippen LogP contribution in [0.5, 0.6) is 0 Å². The first-order chi connectivity index (χ1) is 9.08. The van der Waals surface area contributed by atoms with Crippen LogP contribution in [-0.4, -0.2) is 10.9 Å². The fraction of sp³-hybridized carbons (Fsp3) is 0.143. The van der Waals surface area contributed by atoms with Crippen LogP contribution in [0.3, 0.4) is 0 Å². The van der Waals surface area contributed by atoms with E-state index in [1.54, 1.807) is 30.6 Å². The lowest BCUT2D eigenvalue weighted by Crippen LogP contribution is -2.26. The minimum atomic E-state index is -0.145. The predicted octanol–water partition coefficient (Wildman–Crippen LogP) is 3.99. The average molecular weight is 340 g/mol. The van der Waals surface area contributed by atoms with Crippen molar-refractivity contribution in [2.45, 2.75) is 13.0 Å². The van der Waals surface area contributed by atoms with Gasteiger partial charge in [-0.25, -0.2) is 0 Å². The Morgan fingerprint density at radius 1 is 1.42 bits per heavy atom. The van der Waals surface area contributed by atoms with Crippen molar-refractivity contribution in [3.8, 4) is 0 Å². The Morgan fingerprint density at radius 3 is 2.84 bits per heavy atom. The molecule has 0 aliphatic carbocycles. The molecule has 1 aromatic carbocycles. The molecule has 98 valence electrons. The predicted molar refractivity (Wildman–Crippen MR) is 79.3 cm³/mol. The van der Waals surface area contributed by atoms with E-state index >= 15 is 0 Å². The van der Waals surface area contributed by atoms with Crippen molar-refractivity contribution in [1.82, 2.24) is 10.3 Å². The van der Waals surface area contributed by atoms with Crippen LogP contribution < -0.4 is 5.32 Å². The lowest BCUT2D eigenvalue weighted by molar-refractivity contribution is 0.0940. The van der Waals surface area contributed by atoms with Crippen molar-refractivity contribution in [3.05, 3.63) is 63.3 Å². The summed E-state index contributed by atoms with van der Waals surface area (Å²) in [5, 5.41) is 3.50. The first-order valence-electron chi connectivity index (χ1n) is 5.74. The molecule has 0 fully saturated rings. The highest BCUT2D eigenvalue weighted by atomic mass is 79.9. The standard InChI is InChI=1S/C14H12BrClN2O/c1-9(11-3-2-6-17-8-11)18-14(19)10-4-5-13(16)12(15)7-10/h2-9H,1H3,(H,18,19). The summed E-state index contributed by atoms with van der Waals surface area (Å²) >= 11 is 9.20. The summed E-state index contributed by atoms with van der Waals surface area (Å²) in [7, 11) is 0. The number of carbonyl (C=O) groups is 1. The Balaban J connectivity index is 2.11. The number of hydrogen-bond donors (Lipinski definition) is 1. The summed E-state index contributed by atoms with van der Waals surface area (Å²) in [4.78, 5) is 16.1. The minimum absolute atomic E-state index is 0.101. The fourth-order valence-electron chi connectivity index (χ4n) is 1.63. The summed E-state index contributed by atoms with van der Waals surface area (Å²) in [5.74, 6) is -0.145. The quantitative estimate of drug-likeness (QED) is 0.918. The molecule has 0 saturated carbocycles. The van der Waals surface area contributed by atoms with Crippen LogP contribution in [0.1, 0.15) is 28.9 Å². The number of pyridine rings is 1. The summed E-state index contributed by atoms with van der Waals surface area (Å²) in [6.07, 6.45) is 3.44. The van der Waals surface area contributed by atoms with Crippen LogP contribution in [0.15, 0.2) is 47.2 Å². The van der Waals surface area contributed by atoms with Gasteiger partial charge in [0.1, 0.15) is 0 Å². The van der Waals surface area contributed by atoms with Gasteiger partial charge >= 0.3 is 0 Å². The molecule has 1 heterocycles. The molecule has 0 saturated heterocycles. The lowest BCUT2D eigenvalue weighted by Gasteiger charge is -2.14. The lowest BCUT2D eigenvalue weighted by atomic mass is 10.1. The van der Waals surface area contributed by atoms with Crippen molar-refractivity contribution in [2.24, 2.45) is 0 Å². The number of nitrogens with one attached hydrogen (secondary N) is 1. The minimum Gasteiger partial charge on any atom is -0.345 e. The van der Waals surface area contributed by atoms with Gasteiger partial charge in [-0.2, -0.15) is 0 Å². The van der Waals surface area contributed by atoms with Gasteiger partial charge in [-0.1, -0.05) is 17.7 Å². The topological polar surface area (TPSA) is 42.0 Å². The number of halogens is 2. The van der Waals surface area contributed by atoms with E-state index in [0.29, 0.717) is 15.1 Å². The van der Waals surface area contributed by atoms with E-state index in [1.807, 2.05) is 19.1 Å². The number of amides is 1. The van der Waals surface area contributed by atoms with Gasteiger partial charge in [0.2, 0.25) is 0 Å². The molecule has 2 rings (SSSR count). The monoisotopic (exact) mass is 338 g/mol. The van der Waals surface area contributed by atoms with E-state index in [2.05, 4.69) is 26.2 Å². The molecule has 1 atom stereocenters. The molecule has 0 aliphatic heterocycles. The van der Waals surface area contributed by atoms with Crippen LogP contribution >= 0.6 is 27.5 Å². The largest absolute Gasteiger partial charge is 0.345 e. The van der Waals surface area contributed by atoms with Crippen molar-refractivity contribution >= 4 is 33.4 Å². The second-order valence-electron chi connectivity index (χ2n) is 4.11. The summed E-state index contributed by atoms with van der Waals surface area (Å²) in [6.45, 7) is 1.92. The smallest absolute Gasteiger partial charge is 0.251 e. The van der Waals surface area contributed by atoms with Crippen molar-refractivity contribution in [2.75, 3.05) is 0 Å². The molecule has 1 N–H and O–H groups in total. The molecule has 1 unspecified atom stereocenters. The van der Waals surface area contributed by atoms with E-state index in [-0.39, 0.29) is 11.9 Å². The third kappa shape index (κ3) is 3.55. The van der Waals surface area contributed by atoms with E-state index in [0.717, 1.165) is 5.56 Å². The molecular formula is C14H12BrClN2O. The molecule has 5 heteroatoms. The van der Waals surface area contributed by atoms with Gasteiger partial charge < -0.3 is 5.32 Å². The molecule has 0 radical (unpaired) electrons. The van der Waals surface area contributed by atoms with Gasteiger partial charge in [0, 0.05) is 22.4 Å². The molecule has 19 heavy (non-hydrogen) atoms. The molecule has 0 spiro atoms. The van der Waals surface area contributed by atoms with Gasteiger partial charge in [0.05, 0.1) is 11.1 Å². The van der Waals surface area contributed by atoms with E-state index < -0.39 is 0 Å². The molecular weight excluding hydrogens is 328 g/mol. The van der Waals surface area contributed by atoms with Crippen molar-refractivity contribution in [3.63, 3.8) is 0 Å². The average Bonchev–Trinajstić information content (AvgIpc) is 2.42. The van der Waals surface area contributed by atoms with Crippen molar-refractivity contribution in [1.29, 1.82) is 0 Å². The molecule has 2 aromatic rings. The Hall–Kier alpha value is -1.39. The first-order valence-corrected chi connectivity index (χ1v) is 6.91. The van der Waals surface area contributed by atoms with Gasteiger partial charge in [0.15, 0.2) is 0 Å². The highest BCUT2D eigenvalue weighted by Crippen LogP contribution is 2.23.